The number of carbonyl (C=O) groups excluding carboxylic acids is 1. The number of carbonyl (C=O) groups is 1. The van der Waals surface area contributed by atoms with Gasteiger partial charge in [-0.15, -0.1) is 0 Å². The molecule has 5 heteroatoms. The highest BCUT2D eigenvalue weighted by molar-refractivity contribution is 14.1. The van der Waals surface area contributed by atoms with Crippen molar-refractivity contribution in [3.63, 3.8) is 0 Å². The Morgan fingerprint density at radius 1 is 1.65 bits per heavy atom. The molecule has 0 aliphatic heterocycles. The van der Waals surface area contributed by atoms with Crippen LogP contribution in [-0.4, -0.2) is 22.9 Å². The molecule has 4 nitrogen and oxygen atoms in total. The highest BCUT2D eigenvalue weighted by Crippen LogP contribution is 2.36. The van der Waals surface area contributed by atoms with Crippen LogP contribution in [0.2, 0.25) is 0 Å². The summed E-state index contributed by atoms with van der Waals surface area (Å²) in [6, 6.07) is 0.161. The zero-order valence-corrected chi connectivity index (χ0v) is 12.1. The van der Waals surface area contributed by atoms with Crippen LogP contribution in [0.15, 0.2) is 12.4 Å². The largest absolute Gasteiger partial charge is 0.469 e. The molecule has 1 fully saturated rings. The number of nitrogens with zero attached hydrogens (tertiary/aromatic N) is 2. The maximum Gasteiger partial charge on any atom is 0.307 e. The third kappa shape index (κ3) is 3.20. The van der Waals surface area contributed by atoms with Crippen LogP contribution in [0.25, 0.3) is 0 Å². The highest BCUT2D eigenvalue weighted by Gasteiger charge is 2.29. The molecule has 0 amide bonds. The van der Waals surface area contributed by atoms with E-state index in [2.05, 4.69) is 27.7 Å². The SMILES string of the molecule is COC(=O)C[C@H](C1CCCC1)n1cc(I)cn1. The fourth-order valence-corrected chi connectivity index (χ4v) is 2.98. The molecular formula is C12H17IN2O2. The topological polar surface area (TPSA) is 44.1 Å². The van der Waals surface area contributed by atoms with Crippen molar-refractivity contribution < 1.29 is 9.53 Å². The Labute approximate surface area is 115 Å². The van der Waals surface area contributed by atoms with E-state index in [0.29, 0.717) is 12.3 Å². The van der Waals surface area contributed by atoms with Crippen LogP contribution in [0.3, 0.4) is 0 Å². The molecule has 1 atom stereocenters. The molecule has 0 spiro atoms. The minimum atomic E-state index is -0.146. The lowest BCUT2D eigenvalue weighted by Gasteiger charge is -2.22. The number of methoxy groups -OCH3 is 1. The first-order valence-electron chi connectivity index (χ1n) is 5.97. The Morgan fingerprint density at radius 3 is 2.88 bits per heavy atom. The summed E-state index contributed by atoms with van der Waals surface area (Å²) < 4.78 is 7.83. The van der Waals surface area contributed by atoms with Crippen LogP contribution < -0.4 is 0 Å². The van der Waals surface area contributed by atoms with E-state index in [1.807, 2.05) is 17.1 Å². The van der Waals surface area contributed by atoms with Gasteiger partial charge in [0.2, 0.25) is 0 Å². The van der Waals surface area contributed by atoms with Crippen molar-refractivity contribution in [2.24, 2.45) is 5.92 Å². The number of halogens is 1. The summed E-state index contributed by atoms with van der Waals surface area (Å²) in [4.78, 5) is 11.5. The first-order chi connectivity index (χ1) is 8.20. The lowest BCUT2D eigenvalue weighted by Crippen LogP contribution is -2.22. The van der Waals surface area contributed by atoms with Gasteiger partial charge in [0, 0.05) is 6.20 Å². The molecule has 17 heavy (non-hydrogen) atoms. The van der Waals surface area contributed by atoms with Gasteiger partial charge >= 0.3 is 5.97 Å². The predicted molar refractivity (Wildman–Crippen MR) is 72.6 cm³/mol. The first kappa shape index (κ1) is 12.9. The van der Waals surface area contributed by atoms with E-state index in [-0.39, 0.29) is 12.0 Å². The second-order valence-electron chi connectivity index (χ2n) is 4.53. The minimum Gasteiger partial charge on any atom is -0.469 e. The summed E-state index contributed by atoms with van der Waals surface area (Å²) >= 11 is 2.24. The molecule has 1 saturated carbocycles. The molecule has 1 heterocycles. The van der Waals surface area contributed by atoms with E-state index in [9.17, 15) is 4.79 Å². The number of ether oxygens (including phenoxy) is 1. The molecule has 94 valence electrons. The lowest BCUT2D eigenvalue weighted by molar-refractivity contribution is -0.142. The van der Waals surface area contributed by atoms with Crippen molar-refractivity contribution in [3.05, 3.63) is 16.0 Å². The summed E-state index contributed by atoms with van der Waals surface area (Å²) in [6.45, 7) is 0. The maximum atomic E-state index is 11.5. The van der Waals surface area contributed by atoms with Gasteiger partial charge in [-0.25, -0.2) is 0 Å². The standard InChI is InChI=1S/C12H17IN2O2/c1-17-12(16)6-11(9-4-2-3-5-9)15-8-10(13)7-14-15/h7-9,11H,2-6H2,1H3/t11-/m1/s1. The van der Waals surface area contributed by atoms with Gasteiger partial charge in [-0.05, 0) is 41.4 Å². The summed E-state index contributed by atoms with van der Waals surface area (Å²) in [5.74, 6) is 0.414. The van der Waals surface area contributed by atoms with Gasteiger partial charge in [-0.1, -0.05) is 12.8 Å². The average Bonchev–Trinajstić information content (AvgIpc) is 2.96. The van der Waals surface area contributed by atoms with E-state index in [1.165, 1.54) is 32.8 Å². The maximum absolute atomic E-state index is 11.5. The van der Waals surface area contributed by atoms with E-state index in [0.717, 1.165) is 3.57 Å². The number of hydrogen-bond acceptors (Lipinski definition) is 3. The van der Waals surface area contributed by atoms with Crippen molar-refractivity contribution >= 4 is 28.6 Å². The molecule has 0 aromatic carbocycles. The Balaban J connectivity index is 2.14. The molecule has 0 N–H and O–H groups in total. The summed E-state index contributed by atoms with van der Waals surface area (Å²) in [6.07, 6.45) is 9.18. The Bertz CT molecular complexity index is 386. The van der Waals surface area contributed by atoms with E-state index < -0.39 is 0 Å². The molecule has 1 aromatic heterocycles. The monoisotopic (exact) mass is 348 g/mol. The van der Waals surface area contributed by atoms with Crippen molar-refractivity contribution in [1.82, 2.24) is 9.78 Å². The quantitative estimate of drug-likeness (QED) is 0.621. The van der Waals surface area contributed by atoms with Crippen LogP contribution >= 0.6 is 22.6 Å². The second kappa shape index (κ2) is 5.84. The van der Waals surface area contributed by atoms with Crippen molar-refractivity contribution in [2.45, 2.75) is 38.1 Å². The van der Waals surface area contributed by atoms with Gasteiger partial charge in [0.15, 0.2) is 0 Å². The average molecular weight is 348 g/mol. The third-order valence-corrected chi connectivity index (χ3v) is 4.01. The zero-order chi connectivity index (χ0) is 12.3. The molecule has 0 radical (unpaired) electrons. The number of hydrogen-bond donors (Lipinski definition) is 0. The second-order valence-corrected chi connectivity index (χ2v) is 5.78. The molecule has 0 saturated heterocycles. The minimum absolute atomic E-state index is 0.146. The van der Waals surface area contributed by atoms with Gasteiger partial charge in [-0.3, -0.25) is 9.48 Å². The van der Waals surface area contributed by atoms with Crippen molar-refractivity contribution in [2.75, 3.05) is 7.11 Å². The van der Waals surface area contributed by atoms with Crippen LogP contribution in [0, 0.1) is 9.49 Å². The molecule has 1 aromatic rings. The fourth-order valence-electron chi connectivity index (χ4n) is 2.57. The van der Waals surface area contributed by atoms with E-state index in [1.54, 1.807) is 0 Å². The van der Waals surface area contributed by atoms with E-state index >= 15 is 0 Å². The van der Waals surface area contributed by atoms with Gasteiger partial charge < -0.3 is 4.74 Å². The van der Waals surface area contributed by atoms with Gasteiger partial charge in [0.1, 0.15) is 0 Å². The molecular weight excluding hydrogens is 331 g/mol. The summed E-state index contributed by atoms with van der Waals surface area (Å²) in [7, 11) is 1.45. The van der Waals surface area contributed by atoms with Crippen LogP contribution in [0.4, 0.5) is 0 Å². The number of aromatic nitrogens is 2. The van der Waals surface area contributed by atoms with Gasteiger partial charge in [0.25, 0.3) is 0 Å². The molecule has 1 aliphatic carbocycles. The Kier molecular flexibility index (Phi) is 4.42. The Morgan fingerprint density at radius 2 is 2.35 bits per heavy atom. The van der Waals surface area contributed by atoms with Crippen LogP contribution in [-0.2, 0) is 9.53 Å². The van der Waals surface area contributed by atoms with Crippen LogP contribution in [0.1, 0.15) is 38.1 Å². The first-order valence-corrected chi connectivity index (χ1v) is 7.05. The fraction of sp³-hybridized carbons (Fsp3) is 0.667. The molecule has 0 bridgehead atoms. The summed E-state index contributed by atoms with van der Waals surface area (Å²) in [5, 5.41) is 4.35. The number of esters is 1. The molecule has 2 rings (SSSR count). The Hall–Kier alpha value is -0.590. The summed E-state index contributed by atoms with van der Waals surface area (Å²) in [5.41, 5.74) is 0. The zero-order valence-electron chi connectivity index (χ0n) is 9.93. The number of rotatable bonds is 4. The van der Waals surface area contributed by atoms with E-state index in [4.69, 9.17) is 4.74 Å². The van der Waals surface area contributed by atoms with Crippen molar-refractivity contribution in [1.29, 1.82) is 0 Å². The molecule has 0 unspecified atom stereocenters. The van der Waals surface area contributed by atoms with Crippen molar-refractivity contribution in [3.8, 4) is 0 Å². The highest BCUT2D eigenvalue weighted by atomic mass is 127. The van der Waals surface area contributed by atoms with Gasteiger partial charge in [0.05, 0.1) is 29.3 Å². The van der Waals surface area contributed by atoms with Crippen LogP contribution in [0.5, 0.6) is 0 Å². The predicted octanol–water partition coefficient (Wildman–Crippen LogP) is 2.78. The normalized spacial score (nSPS) is 18.2. The third-order valence-electron chi connectivity index (χ3n) is 3.46. The molecule has 1 aliphatic rings. The smallest absolute Gasteiger partial charge is 0.307 e. The lowest BCUT2D eigenvalue weighted by atomic mass is 9.95. The van der Waals surface area contributed by atoms with Gasteiger partial charge in [-0.2, -0.15) is 5.10 Å².